The molecule has 2 atom stereocenters. The first-order valence-corrected chi connectivity index (χ1v) is 9.03. The Morgan fingerprint density at radius 3 is 2.46 bits per heavy atom. The van der Waals surface area contributed by atoms with E-state index in [0.717, 1.165) is 5.56 Å². The van der Waals surface area contributed by atoms with Crippen LogP contribution in [0.25, 0.3) is 0 Å². The second-order valence-corrected chi connectivity index (χ2v) is 8.61. The molecule has 2 unspecified atom stereocenters. The maximum Gasteiger partial charge on any atom is 0.223 e. The van der Waals surface area contributed by atoms with Crippen LogP contribution in [0.3, 0.4) is 0 Å². The predicted molar refractivity (Wildman–Crippen MR) is 93.5 cm³/mol. The van der Waals surface area contributed by atoms with E-state index < -0.39 is 21.1 Å². The van der Waals surface area contributed by atoms with Crippen molar-refractivity contribution in [1.82, 2.24) is 10.1 Å². The molecule has 0 amide bonds. The van der Waals surface area contributed by atoms with Crippen molar-refractivity contribution in [2.75, 3.05) is 6.61 Å². The molecule has 0 spiro atoms. The number of nitrogens with zero attached hydrogens (tertiary/aromatic N) is 2. The molecule has 0 radical (unpaired) electrons. The van der Waals surface area contributed by atoms with Gasteiger partial charge in [0, 0.05) is 6.92 Å². The lowest BCUT2D eigenvalue weighted by molar-refractivity contribution is 0.0655. The topological polar surface area (TPSA) is 91.2 Å². The number of nitrogens with two attached hydrogens (primary N) is 1. The minimum atomic E-state index is -1.47. The molecular weight excluding hydrogens is 326 g/mol. The summed E-state index contributed by atoms with van der Waals surface area (Å²) in [6.45, 7) is 8.32. The highest BCUT2D eigenvalue weighted by molar-refractivity contribution is 7.84. The predicted octanol–water partition coefficient (Wildman–Crippen LogP) is 2.64. The molecule has 6 nitrogen and oxygen atoms in total. The third-order valence-corrected chi connectivity index (χ3v) is 5.19. The van der Waals surface area contributed by atoms with E-state index in [-0.39, 0.29) is 0 Å². The van der Waals surface area contributed by atoms with Gasteiger partial charge in [-0.15, -0.1) is 0 Å². The molecule has 0 saturated carbocycles. The lowest BCUT2D eigenvalue weighted by Gasteiger charge is -2.33. The molecule has 2 rings (SSSR count). The molecule has 0 saturated heterocycles. The maximum absolute atomic E-state index is 11.9. The van der Waals surface area contributed by atoms with Crippen LogP contribution in [0, 0.1) is 6.92 Å². The number of ether oxygens (including phenoxy) is 1. The van der Waals surface area contributed by atoms with Crippen molar-refractivity contribution in [3.63, 3.8) is 0 Å². The Kier molecular flexibility index (Phi) is 5.90. The summed E-state index contributed by atoms with van der Waals surface area (Å²) < 4.78 is 22.3. The molecule has 2 N–H and O–H groups in total. The summed E-state index contributed by atoms with van der Waals surface area (Å²) in [5.74, 6) is 1.04. The zero-order valence-corrected chi connectivity index (χ0v) is 15.4. The minimum absolute atomic E-state index is 0.376. The van der Waals surface area contributed by atoms with E-state index in [1.54, 1.807) is 6.92 Å². The van der Waals surface area contributed by atoms with Crippen LogP contribution in [-0.2, 0) is 27.7 Å². The molecule has 2 aromatic rings. The molecule has 132 valence electrons. The molecule has 0 aliphatic carbocycles. The Balaban J connectivity index is 2.15. The average molecular weight is 351 g/mol. The van der Waals surface area contributed by atoms with Crippen LogP contribution in [0.5, 0.6) is 0 Å². The van der Waals surface area contributed by atoms with Crippen molar-refractivity contribution in [2.45, 2.75) is 50.9 Å². The summed E-state index contributed by atoms with van der Waals surface area (Å²) in [5, 5.41) is 9.70. The first kappa shape index (κ1) is 18.8. The Labute approximate surface area is 145 Å². The SMILES string of the molecule is Cc1nc(C(C)(COCc2ccccc2)CC(C)(C)S(N)=O)no1. The molecule has 24 heavy (non-hydrogen) atoms. The lowest BCUT2D eigenvalue weighted by Crippen LogP contribution is -2.42. The van der Waals surface area contributed by atoms with Crippen LogP contribution in [0.4, 0.5) is 0 Å². The fraction of sp³-hybridized carbons (Fsp3) is 0.529. The van der Waals surface area contributed by atoms with Crippen molar-refractivity contribution in [3.8, 4) is 0 Å². The van der Waals surface area contributed by atoms with Crippen LogP contribution in [0.2, 0.25) is 0 Å². The van der Waals surface area contributed by atoms with E-state index >= 15 is 0 Å². The van der Waals surface area contributed by atoms with E-state index in [1.165, 1.54) is 0 Å². The molecule has 1 heterocycles. The van der Waals surface area contributed by atoms with Gasteiger partial charge in [-0.3, -0.25) is 5.14 Å². The zero-order valence-electron chi connectivity index (χ0n) is 14.6. The van der Waals surface area contributed by atoms with Crippen molar-refractivity contribution < 1.29 is 13.5 Å². The van der Waals surface area contributed by atoms with Gasteiger partial charge >= 0.3 is 0 Å². The van der Waals surface area contributed by atoms with E-state index in [9.17, 15) is 4.21 Å². The van der Waals surface area contributed by atoms with Crippen LogP contribution in [0.1, 0.15) is 44.5 Å². The summed E-state index contributed by atoms with van der Waals surface area (Å²) in [4.78, 5) is 4.35. The third-order valence-electron chi connectivity index (χ3n) is 3.96. The largest absolute Gasteiger partial charge is 0.376 e. The van der Waals surface area contributed by atoms with Gasteiger partial charge in [0.05, 0.1) is 34.4 Å². The fourth-order valence-corrected chi connectivity index (χ4v) is 3.18. The molecule has 1 aromatic heterocycles. The molecule has 0 bridgehead atoms. The average Bonchev–Trinajstić information content (AvgIpc) is 2.95. The molecule has 0 fully saturated rings. The Morgan fingerprint density at radius 2 is 1.92 bits per heavy atom. The summed E-state index contributed by atoms with van der Waals surface area (Å²) >= 11 is 0. The van der Waals surface area contributed by atoms with Gasteiger partial charge in [0.2, 0.25) is 5.89 Å². The summed E-state index contributed by atoms with van der Waals surface area (Å²) in [6.07, 6.45) is 0.511. The standard InChI is InChI=1S/C17H25N3O3S/c1-13-19-15(20-23-13)17(4,11-16(2,3)24(18)21)12-22-10-14-8-6-5-7-9-14/h5-9H,10-12,18H2,1-4H3. The fourth-order valence-electron chi connectivity index (χ4n) is 2.72. The van der Waals surface area contributed by atoms with Crippen LogP contribution >= 0.6 is 0 Å². The highest BCUT2D eigenvalue weighted by atomic mass is 32.2. The highest BCUT2D eigenvalue weighted by Crippen LogP contribution is 2.33. The summed E-state index contributed by atoms with van der Waals surface area (Å²) in [6, 6.07) is 9.93. The van der Waals surface area contributed by atoms with E-state index in [4.69, 9.17) is 14.4 Å². The van der Waals surface area contributed by atoms with Gasteiger partial charge in [-0.1, -0.05) is 42.4 Å². The first-order chi connectivity index (χ1) is 11.2. The van der Waals surface area contributed by atoms with Gasteiger partial charge in [-0.25, -0.2) is 4.21 Å². The number of aromatic nitrogens is 2. The Morgan fingerprint density at radius 1 is 1.25 bits per heavy atom. The highest BCUT2D eigenvalue weighted by Gasteiger charge is 2.40. The van der Waals surface area contributed by atoms with Crippen LogP contribution in [0.15, 0.2) is 34.9 Å². The number of benzene rings is 1. The molecule has 7 heteroatoms. The van der Waals surface area contributed by atoms with Crippen LogP contribution < -0.4 is 5.14 Å². The number of aryl methyl sites for hydroxylation is 1. The first-order valence-electron chi connectivity index (χ1n) is 7.82. The van der Waals surface area contributed by atoms with E-state index in [2.05, 4.69) is 10.1 Å². The van der Waals surface area contributed by atoms with Gasteiger partial charge in [0.25, 0.3) is 0 Å². The van der Waals surface area contributed by atoms with Gasteiger partial charge in [-0.05, 0) is 25.8 Å². The normalized spacial score (nSPS) is 15.9. The van der Waals surface area contributed by atoms with Gasteiger partial charge in [0.1, 0.15) is 0 Å². The molecule has 0 aliphatic rings. The lowest BCUT2D eigenvalue weighted by atomic mass is 9.81. The minimum Gasteiger partial charge on any atom is -0.376 e. The summed E-state index contributed by atoms with van der Waals surface area (Å²) in [5.41, 5.74) is 0.538. The number of hydrogen-bond acceptors (Lipinski definition) is 5. The summed E-state index contributed by atoms with van der Waals surface area (Å²) in [7, 11) is -1.47. The van der Waals surface area contributed by atoms with Gasteiger partial charge < -0.3 is 9.26 Å². The van der Waals surface area contributed by atoms with E-state index in [1.807, 2.05) is 51.1 Å². The smallest absolute Gasteiger partial charge is 0.223 e. The van der Waals surface area contributed by atoms with Crippen molar-refractivity contribution in [2.24, 2.45) is 5.14 Å². The van der Waals surface area contributed by atoms with Gasteiger partial charge in [-0.2, -0.15) is 4.98 Å². The van der Waals surface area contributed by atoms with E-state index in [0.29, 0.717) is 31.3 Å². The number of hydrogen-bond donors (Lipinski definition) is 1. The van der Waals surface area contributed by atoms with Crippen molar-refractivity contribution in [1.29, 1.82) is 0 Å². The Hall–Kier alpha value is -1.57. The van der Waals surface area contributed by atoms with Gasteiger partial charge in [0.15, 0.2) is 5.82 Å². The van der Waals surface area contributed by atoms with Crippen LogP contribution in [-0.4, -0.2) is 25.7 Å². The molecule has 1 aromatic carbocycles. The monoisotopic (exact) mass is 351 g/mol. The second kappa shape index (κ2) is 7.55. The van der Waals surface area contributed by atoms with Crippen molar-refractivity contribution in [3.05, 3.63) is 47.6 Å². The molecule has 0 aliphatic heterocycles. The van der Waals surface area contributed by atoms with Crippen molar-refractivity contribution >= 4 is 11.0 Å². The number of rotatable bonds is 8. The molecular formula is C17H25N3O3S. The Bertz CT molecular complexity index is 687. The quantitative estimate of drug-likeness (QED) is 0.789. The maximum atomic E-state index is 11.9. The third kappa shape index (κ3) is 4.72. The second-order valence-electron chi connectivity index (χ2n) is 6.91. The zero-order chi connectivity index (χ0) is 17.8.